The number of nitrogens with two attached hydrogens (primary N) is 1. The van der Waals surface area contributed by atoms with Crippen molar-refractivity contribution in [1.82, 2.24) is 0 Å². The minimum absolute atomic E-state index is 0.281. The van der Waals surface area contributed by atoms with Crippen LogP contribution in [0.25, 0.3) is 0 Å². The molecule has 0 spiro atoms. The molecule has 3 N–H and O–H groups in total. The Hall–Kier alpha value is -1.26. The predicted octanol–water partition coefficient (Wildman–Crippen LogP) is 0.407. The molecule has 0 bridgehead atoms. The lowest BCUT2D eigenvalue weighted by Crippen LogP contribution is -2.29. The highest BCUT2D eigenvalue weighted by Crippen LogP contribution is 2.19. The van der Waals surface area contributed by atoms with Crippen molar-refractivity contribution >= 4 is 5.69 Å². The molecule has 4 heteroatoms. The molecule has 4 nitrogen and oxygen atoms in total. The normalized spacial score (nSPS) is 26.4. The van der Waals surface area contributed by atoms with Gasteiger partial charge in [-0.1, -0.05) is 6.07 Å². The van der Waals surface area contributed by atoms with E-state index in [9.17, 15) is 5.11 Å². The molecule has 1 aliphatic rings. The van der Waals surface area contributed by atoms with Gasteiger partial charge in [0.05, 0.1) is 13.2 Å². The number of hydrogen-bond donors (Lipinski definition) is 2. The van der Waals surface area contributed by atoms with Crippen LogP contribution in [0.5, 0.6) is 5.75 Å². The van der Waals surface area contributed by atoms with Gasteiger partial charge in [-0.15, -0.1) is 0 Å². The standard InChI is InChI=1S/C10H13NO3/c11-7-2-1-3-8(4-7)14-10-6-13-5-9(10)12/h1-4,9-10,12H,5-6,11H2. The fraction of sp³-hybridized carbons (Fsp3) is 0.400. The molecule has 0 amide bonds. The molecule has 0 radical (unpaired) electrons. The largest absolute Gasteiger partial charge is 0.485 e. The van der Waals surface area contributed by atoms with Crippen molar-refractivity contribution in [3.05, 3.63) is 24.3 Å². The van der Waals surface area contributed by atoms with Gasteiger partial charge in [-0.2, -0.15) is 0 Å². The minimum Gasteiger partial charge on any atom is -0.485 e. The van der Waals surface area contributed by atoms with E-state index in [0.717, 1.165) is 0 Å². The molecule has 1 aliphatic heterocycles. The van der Waals surface area contributed by atoms with E-state index in [1.54, 1.807) is 18.2 Å². The number of ether oxygens (including phenoxy) is 2. The van der Waals surface area contributed by atoms with Gasteiger partial charge >= 0.3 is 0 Å². The lowest BCUT2D eigenvalue weighted by atomic mass is 10.2. The molecule has 1 saturated heterocycles. The Morgan fingerprint density at radius 2 is 2.29 bits per heavy atom. The highest BCUT2D eigenvalue weighted by molar-refractivity contribution is 5.43. The molecule has 2 atom stereocenters. The van der Waals surface area contributed by atoms with Gasteiger partial charge in [-0.25, -0.2) is 0 Å². The minimum atomic E-state index is -0.545. The van der Waals surface area contributed by atoms with Gasteiger partial charge < -0.3 is 20.3 Å². The van der Waals surface area contributed by atoms with Gasteiger partial charge in [0.25, 0.3) is 0 Å². The maximum absolute atomic E-state index is 9.44. The molecule has 0 saturated carbocycles. The summed E-state index contributed by atoms with van der Waals surface area (Å²) in [6.07, 6.45) is -0.826. The average molecular weight is 195 g/mol. The summed E-state index contributed by atoms with van der Waals surface area (Å²) in [6.45, 7) is 0.767. The molecule has 2 unspecified atom stereocenters. The van der Waals surface area contributed by atoms with Crippen LogP contribution < -0.4 is 10.5 Å². The SMILES string of the molecule is Nc1cccc(OC2COCC2O)c1. The van der Waals surface area contributed by atoms with Crippen LogP contribution in [-0.4, -0.2) is 30.5 Å². The molecule has 76 valence electrons. The fourth-order valence-corrected chi connectivity index (χ4v) is 1.40. The van der Waals surface area contributed by atoms with Gasteiger partial charge in [0.2, 0.25) is 0 Å². The van der Waals surface area contributed by atoms with Crippen molar-refractivity contribution in [1.29, 1.82) is 0 Å². The smallest absolute Gasteiger partial charge is 0.150 e. The maximum Gasteiger partial charge on any atom is 0.150 e. The van der Waals surface area contributed by atoms with Crippen LogP contribution in [0, 0.1) is 0 Å². The summed E-state index contributed by atoms with van der Waals surface area (Å²) >= 11 is 0. The third kappa shape index (κ3) is 1.97. The first-order valence-corrected chi connectivity index (χ1v) is 4.54. The summed E-state index contributed by atoms with van der Waals surface area (Å²) in [5.41, 5.74) is 6.24. The van der Waals surface area contributed by atoms with Crippen LogP contribution in [0.15, 0.2) is 24.3 Å². The summed E-state index contributed by atoms with van der Waals surface area (Å²) < 4.78 is 10.6. The second-order valence-electron chi connectivity index (χ2n) is 3.33. The Kier molecular flexibility index (Phi) is 2.56. The fourth-order valence-electron chi connectivity index (χ4n) is 1.40. The number of hydrogen-bond acceptors (Lipinski definition) is 4. The van der Waals surface area contributed by atoms with E-state index in [-0.39, 0.29) is 6.10 Å². The van der Waals surface area contributed by atoms with Crippen LogP contribution in [0.1, 0.15) is 0 Å². The highest BCUT2D eigenvalue weighted by atomic mass is 16.6. The van der Waals surface area contributed by atoms with Crippen molar-refractivity contribution in [3.8, 4) is 5.75 Å². The number of aliphatic hydroxyl groups excluding tert-OH is 1. The van der Waals surface area contributed by atoms with Crippen molar-refractivity contribution < 1.29 is 14.6 Å². The van der Waals surface area contributed by atoms with E-state index in [1.165, 1.54) is 0 Å². The molecule has 1 heterocycles. The zero-order chi connectivity index (χ0) is 9.97. The van der Waals surface area contributed by atoms with Crippen molar-refractivity contribution in [3.63, 3.8) is 0 Å². The molecule has 1 aromatic rings. The van der Waals surface area contributed by atoms with Crippen molar-refractivity contribution in [2.75, 3.05) is 18.9 Å². The van der Waals surface area contributed by atoms with Crippen LogP contribution in [0.2, 0.25) is 0 Å². The summed E-state index contributed by atoms with van der Waals surface area (Å²) in [6, 6.07) is 7.13. The number of anilines is 1. The summed E-state index contributed by atoms with van der Waals surface area (Å²) in [7, 11) is 0. The first kappa shape index (κ1) is 9.30. The van der Waals surface area contributed by atoms with Gasteiger partial charge in [0.1, 0.15) is 18.0 Å². The molecule has 1 aromatic carbocycles. The lowest BCUT2D eigenvalue weighted by Gasteiger charge is -2.15. The lowest BCUT2D eigenvalue weighted by molar-refractivity contribution is 0.0734. The third-order valence-corrected chi connectivity index (χ3v) is 2.15. The van der Waals surface area contributed by atoms with E-state index in [2.05, 4.69) is 0 Å². The quantitative estimate of drug-likeness (QED) is 0.671. The Bertz CT molecular complexity index is 316. The number of nitrogen functional groups attached to an aromatic ring is 1. The van der Waals surface area contributed by atoms with Crippen molar-refractivity contribution in [2.45, 2.75) is 12.2 Å². The van der Waals surface area contributed by atoms with E-state index < -0.39 is 6.10 Å². The third-order valence-electron chi connectivity index (χ3n) is 2.15. The van der Waals surface area contributed by atoms with Crippen molar-refractivity contribution in [2.24, 2.45) is 0 Å². The van der Waals surface area contributed by atoms with E-state index in [1.807, 2.05) is 6.07 Å². The first-order chi connectivity index (χ1) is 6.75. The van der Waals surface area contributed by atoms with Crippen LogP contribution >= 0.6 is 0 Å². The number of rotatable bonds is 2. The molecule has 2 rings (SSSR count). The second kappa shape index (κ2) is 3.86. The Morgan fingerprint density at radius 3 is 2.93 bits per heavy atom. The van der Waals surface area contributed by atoms with Gasteiger partial charge in [0, 0.05) is 11.8 Å². The molecule has 0 aliphatic carbocycles. The van der Waals surface area contributed by atoms with E-state index >= 15 is 0 Å². The van der Waals surface area contributed by atoms with Gasteiger partial charge in [-0.3, -0.25) is 0 Å². The van der Waals surface area contributed by atoms with Crippen LogP contribution in [0.4, 0.5) is 5.69 Å². The zero-order valence-electron chi connectivity index (χ0n) is 7.72. The molecule has 0 aromatic heterocycles. The van der Waals surface area contributed by atoms with Crippen LogP contribution in [0.3, 0.4) is 0 Å². The summed E-state index contributed by atoms with van der Waals surface area (Å²) in [4.78, 5) is 0. The first-order valence-electron chi connectivity index (χ1n) is 4.54. The molecule has 1 fully saturated rings. The predicted molar refractivity (Wildman–Crippen MR) is 52.1 cm³/mol. The zero-order valence-corrected chi connectivity index (χ0v) is 7.72. The number of aliphatic hydroxyl groups is 1. The topological polar surface area (TPSA) is 64.7 Å². The monoisotopic (exact) mass is 195 g/mol. The summed E-state index contributed by atoms with van der Waals surface area (Å²) in [5.74, 6) is 0.666. The van der Waals surface area contributed by atoms with Crippen LogP contribution in [-0.2, 0) is 4.74 Å². The molecular formula is C10H13NO3. The highest BCUT2D eigenvalue weighted by Gasteiger charge is 2.27. The Morgan fingerprint density at radius 1 is 1.43 bits per heavy atom. The average Bonchev–Trinajstić information content (AvgIpc) is 2.52. The van der Waals surface area contributed by atoms with E-state index in [4.69, 9.17) is 15.2 Å². The maximum atomic E-state index is 9.44. The van der Waals surface area contributed by atoms with Gasteiger partial charge in [-0.05, 0) is 12.1 Å². The Labute approximate surface area is 82.2 Å². The van der Waals surface area contributed by atoms with E-state index in [0.29, 0.717) is 24.7 Å². The molecular weight excluding hydrogens is 182 g/mol. The molecule has 14 heavy (non-hydrogen) atoms. The number of benzene rings is 1. The van der Waals surface area contributed by atoms with Gasteiger partial charge in [0.15, 0.2) is 0 Å². The Balaban J connectivity index is 2.03. The second-order valence-corrected chi connectivity index (χ2v) is 3.33. The summed E-state index contributed by atoms with van der Waals surface area (Å²) in [5, 5.41) is 9.44.